The first-order chi connectivity index (χ1) is 11.6. The first-order valence-corrected chi connectivity index (χ1v) is 9.20. The molecule has 2 aromatic carbocycles. The number of hydrogen-bond acceptors (Lipinski definition) is 3. The van der Waals surface area contributed by atoms with Crippen LogP contribution in [0.3, 0.4) is 0 Å². The van der Waals surface area contributed by atoms with Crippen LogP contribution >= 0.6 is 11.6 Å². The van der Waals surface area contributed by atoms with E-state index in [4.69, 9.17) is 11.6 Å². The van der Waals surface area contributed by atoms with Gasteiger partial charge in [0.2, 0.25) is 15.9 Å². The second kappa shape index (κ2) is 7.51. The number of sulfonamides is 1. The molecule has 2 rings (SSSR count). The van der Waals surface area contributed by atoms with E-state index in [1.807, 2.05) is 0 Å². The third-order valence-electron chi connectivity index (χ3n) is 3.63. The highest BCUT2D eigenvalue weighted by atomic mass is 35.5. The molecule has 0 saturated heterocycles. The van der Waals surface area contributed by atoms with Gasteiger partial charge >= 0.3 is 0 Å². The normalized spacial score (nSPS) is 11.6. The molecule has 0 bridgehead atoms. The van der Waals surface area contributed by atoms with Crippen LogP contribution in [0.4, 0.5) is 10.1 Å². The van der Waals surface area contributed by atoms with Crippen LogP contribution in [-0.4, -0.2) is 32.7 Å². The second-order valence-corrected chi connectivity index (χ2v) is 8.22. The molecular weight excluding hydrogens is 367 g/mol. The Balaban J connectivity index is 2.25. The van der Waals surface area contributed by atoms with Crippen molar-refractivity contribution in [2.24, 2.45) is 0 Å². The Morgan fingerprint density at radius 1 is 1.24 bits per heavy atom. The Labute approximate surface area is 151 Å². The number of hydrogen-bond donors (Lipinski definition) is 1. The van der Waals surface area contributed by atoms with Crippen LogP contribution < -0.4 is 5.32 Å². The lowest BCUT2D eigenvalue weighted by Crippen LogP contribution is -2.23. The van der Waals surface area contributed by atoms with Crippen LogP contribution in [0.1, 0.15) is 11.1 Å². The van der Waals surface area contributed by atoms with E-state index in [0.717, 1.165) is 4.31 Å². The predicted molar refractivity (Wildman–Crippen MR) is 95.8 cm³/mol. The Hall–Kier alpha value is -1.96. The third kappa shape index (κ3) is 4.36. The molecule has 5 nitrogen and oxygen atoms in total. The second-order valence-electron chi connectivity index (χ2n) is 5.69. The zero-order chi connectivity index (χ0) is 18.8. The van der Waals surface area contributed by atoms with Gasteiger partial charge in [-0.05, 0) is 36.8 Å². The highest BCUT2D eigenvalue weighted by Gasteiger charge is 2.20. The van der Waals surface area contributed by atoms with E-state index in [-0.39, 0.29) is 21.9 Å². The van der Waals surface area contributed by atoms with Gasteiger partial charge in [0, 0.05) is 30.4 Å². The average Bonchev–Trinajstić information content (AvgIpc) is 2.52. The average molecular weight is 385 g/mol. The van der Waals surface area contributed by atoms with Gasteiger partial charge in [-0.2, -0.15) is 0 Å². The van der Waals surface area contributed by atoms with Crippen molar-refractivity contribution in [3.8, 4) is 0 Å². The maximum atomic E-state index is 13.8. The van der Waals surface area contributed by atoms with Gasteiger partial charge < -0.3 is 5.32 Å². The summed E-state index contributed by atoms with van der Waals surface area (Å²) in [5.74, 6) is -1.06. The summed E-state index contributed by atoms with van der Waals surface area (Å²) in [6, 6.07) is 8.75. The van der Waals surface area contributed by atoms with E-state index >= 15 is 0 Å². The first kappa shape index (κ1) is 19.4. The van der Waals surface area contributed by atoms with Gasteiger partial charge in [0.15, 0.2) is 0 Å². The SMILES string of the molecule is Cc1ccc(NC(=O)Cc2c(F)cccc2Cl)cc1S(=O)(=O)N(C)C. The molecule has 0 aliphatic heterocycles. The molecule has 0 aromatic heterocycles. The molecule has 0 saturated carbocycles. The number of rotatable bonds is 5. The van der Waals surface area contributed by atoms with Crippen molar-refractivity contribution in [3.63, 3.8) is 0 Å². The van der Waals surface area contributed by atoms with Crippen LogP contribution in [0.25, 0.3) is 0 Å². The van der Waals surface area contributed by atoms with Crippen molar-refractivity contribution >= 4 is 33.2 Å². The lowest BCUT2D eigenvalue weighted by atomic mass is 10.1. The summed E-state index contributed by atoms with van der Waals surface area (Å²) >= 11 is 5.91. The molecule has 8 heteroatoms. The van der Waals surface area contributed by atoms with Crippen molar-refractivity contribution in [3.05, 3.63) is 58.4 Å². The predicted octanol–water partition coefficient (Wildman–Crippen LogP) is 3.22. The molecule has 0 spiro atoms. The monoisotopic (exact) mass is 384 g/mol. The molecule has 0 atom stereocenters. The summed E-state index contributed by atoms with van der Waals surface area (Å²) in [6.07, 6.45) is -0.255. The molecule has 2 aromatic rings. The highest BCUT2D eigenvalue weighted by molar-refractivity contribution is 7.89. The number of halogens is 2. The van der Waals surface area contributed by atoms with Crippen LogP contribution in [-0.2, 0) is 21.2 Å². The molecular formula is C17H18ClFN2O3S. The molecule has 134 valence electrons. The Kier molecular flexibility index (Phi) is 5.82. The Morgan fingerprint density at radius 2 is 1.92 bits per heavy atom. The standard InChI is InChI=1S/C17H18ClFN2O3S/c1-11-7-8-12(9-16(11)25(23,24)21(2)3)20-17(22)10-13-14(18)5-4-6-15(13)19/h4-9H,10H2,1-3H3,(H,20,22). The quantitative estimate of drug-likeness (QED) is 0.860. The first-order valence-electron chi connectivity index (χ1n) is 7.39. The molecule has 0 aliphatic rings. The maximum absolute atomic E-state index is 13.8. The third-order valence-corrected chi connectivity index (χ3v) is 5.94. The van der Waals surface area contributed by atoms with E-state index in [0.29, 0.717) is 11.3 Å². The number of nitrogens with zero attached hydrogens (tertiary/aromatic N) is 1. The highest BCUT2D eigenvalue weighted by Crippen LogP contribution is 2.23. The van der Waals surface area contributed by atoms with Crippen LogP contribution in [0.5, 0.6) is 0 Å². The van der Waals surface area contributed by atoms with Gasteiger partial charge in [-0.15, -0.1) is 0 Å². The number of benzene rings is 2. The van der Waals surface area contributed by atoms with E-state index < -0.39 is 21.7 Å². The molecule has 0 radical (unpaired) electrons. The van der Waals surface area contributed by atoms with Gasteiger partial charge in [-0.3, -0.25) is 4.79 Å². The van der Waals surface area contributed by atoms with Gasteiger partial charge in [0.25, 0.3) is 0 Å². The number of carbonyl (C=O) groups excluding carboxylic acids is 1. The van der Waals surface area contributed by atoms with Crippen molar-refractivity contribution in [2.75, 3.05) is 19.4 Å². The van der Waals surface area contributed by atoms with Gasteiger partial charge in [-0.25, -0.2) is 17.1 Å². The van der Waals surface area contributed by atoms with Gasteiger partial charge in [-0.1, -0.05) is 23.7 Å². The van der Waals surface area contributed by atoms with Crippen molar-refractivity contribution in [1.29, 1.82) is 0 Å². The number of anilines is 1. The topological polar surface area (TPSA) is 66.5 Å². The van der Waals surface area contributed by atoms with Gasteiger partial charge in [0.05, 0.1) is 11.3 Å². The Morgan fingerprint density at radius 3 is 2.52 bits per heavy atom. The smallest absolute Gasteiger partial charge is 0.242 e. The lowest BCUT2D eigenvalue weighted by molar-refractivity contribution is -0.115. The summed E-state index contributed by atoms with van der Waals surface area (Å²) in [5.41, 5.74) is 0.960. The number of carbonyl (C=O) groups is 1. The van der Waals surface area contributed by atoms with Gasteiger partial charge in [0.1, 0.15) is 5.82 Å². The zero-order valence-electron chi connectivity index (χ0n) is 14.0. The summed E-state index contributed by atoms with van der Waals surface area (Å²) in [7, 11) is -0.776. The molecule has 0 unspecified atom stereocenters. The molecule has 1 N–H and O–H groups in total. The molecule has 25 heavy (non-hydrogen) atoms. The fraction of sp³-hybridized carbons (Fsp3) is 0.235. The van der Waals surface area contributed by atoms with Crippen molar-refractivity contribution in [2.45, 2.75) is 18.2 Å². The molecule has 0 aliphatic carbocycles. The number of aryl methyl sites for hydroxylation is 1. The van der Waals surface area contributed by atoms with Crippen LogP contribution in [0, 0.1) is 12.7 Å². The van der Waals surface area contributed by atoms with Crippen LogP contribution in [0.2, 0.25) is 5.02 Å². The number of amides is 1. The Bertz CT molecular complexity index is 894. The minimum absolute atomic E-state index is 0.0925. The van der Waals surface area contributed by atoms with Crippen LogP contribution in [0.15, 0.2) is 41.3 Å². The molecule has 0 heterocycles. The fourth-order valence-corrected chi connectivity index (χ4v) is 3.59. The maximum Gasteiger partial charge on any atom is 0.242 e. The van der Waals surface area contributed by atoms with E-state index in [1.165, 1.54) is 38.4 Å². The summed E-state index contributed by atoms with van der Waals surface area (Å²) < 4.78 is 39.5. The van der Waals surface area contributed by atoms with E-state index in [9.17, 15) is 17.6 Å². The minimum atomic E-state index is -3.64. The molecule has 1 amide bonds. The minimum Gasteiger partial charge on any atom is -0.326 e. The fourth-order valence-electron chi connectivity index (χ4n) is 2.22. The summed E-state index contributed by atoms with van der Waals surface area (Å²) in [5, 5.41) is 2.74. The van der Waals surface area contributed by atoms with E-state index in [1.54, 1.807) is 19.1 Å². The summed E-state index contributed by atoms with van der Waals surface area (Å²) in [6.45, 7) is 1.67. The summed E-state index contributed by atoms with van der Waals surface area (Å²) in [4.78, 5) is 12.3. The van der Waals surface area contributed by atoms with E-state index in [2.05, 4.69) is 5.32 Å². The number of nitrogens with one attached hydrogen (secondary N) is 1. The molecule has 0 fully saturated rings. The largest absolute Gasteiger partial charge is 0.326 e. The van der Waals surface area contributed by atoms with Crippen molar-refractivity contribution < 1.29 is 17.6 Å². The lowest BCUT2D eigenvalue weighted by Gasteiger charge is -2.15. The zero-order valence-corrected chi connectivity index (χ0v) is 15.6. The van der Waals surface area contributed by atoms with Crippen molar-refractivity contribution in [1.82, 2.24) is 4.31 Å².